The predicted octanol–water partition coefficient (Wildman–Crippen LogP) is 3.73. The summed E-state index contributed by atoms with van der Waals surface area (Å²) in [6.07, 6.45) is 0.995. The zero-order chi connectivity index (χ0) is 20.5. The average Bonchev–Trinajstić information content (AvgIpc) is 2.46. The number of phosphoric acid groups is 4. The van der Waals surface area contributed by atoms with Crippen molar-refractivity contribution < 1.29 is 59.4 Å². The average molecular weight is 464 g/mol. The topological polar surface area (TPSA) is 184 Å². The van der Waals surface area contributed by atoms with Gasteiger partial charge in [-0.05, 0) is 19.3 Å². The van der Waals surface area contributed by atoms with Gasteiger partial charge in [-0.2, -0.15) is 12.9 Å². The molecule has 0 aromatic carbocycles. The molecule has 0 radical (unpaired) electrons. The van der Waals surface area contributed by atoms with E-state index < -0.39 is 31.3 Å². The highest BCUT2D eigenvalue weighted by atomic mass is 31.3. The van der Waals surface area contributed by atoms with Crippen molar-refractivity contribution in [1.29, 1.82) is 0 Å². The second kappa shape index (κ2) is 11.5. The monoisotopic (exact) mass is 464 g/mol. The van der Waals surface area contributed by atoms with Crippen molar-refractivity contribution in [2.75, 3.05) is 19.8 Å². The molecule has 0 bridgehead atoms. The van der Waals surface area contributed by atoms with Gasteiger partial charge >= 0.3 is 31.3 Å². The lowest BCUT2D eigenvalue weighted by Crippen LogP contribution is -2.05. The van der Waals surface area contributed by atoms with Crippen molar-refractivity contribution in [3.63, 3.8) is 0 Å². The summed E-state index contributed by atoms with van der Waals surface area (Å²) in [5.74, 6) is 0. The first-order valence-electron chi connectivity index (χ1n) is 7.46. The van der Waals surface area contributed by atoms with E-state index in [1.807, 2.05) is 0 Å². The van der Waals surface area contributed by atoms with Crippen molar-refractivity contribution in [1.82, 2.24) is 0 Å². The third kappa shape index (κ3) is 12.1. The fourth-order valence-electron chi connectivity index (χ4n) is 1.15. The van der Waals surface area contributed by atoms with Gasteiger partial charge in [0, 0.05) is 0 Å². The summed E-state index contributed by atoms with van der Waals surface area (Å²) in [5, 5.41) is 0. The van der Waals surface area contributed by atoms with Gasteiger partial charge < -0.3 is 14.7 Å². The summed E-state index contributed by atoms with van der Waals surface area (Å²) in [5.41, 5.74) is 0. The zero-order valence-electron chi connectivity index (χ0n) is 14.5. The van der Waals surface area contributed by atoms with Crippen LogP contribution < -0.4 is 0 Å². The summed E-state index contributed by atoms with van der Waals surface area (Å²) in [4.78, 5) is 26.5. The lowest BCUT2D eigenvalue weighted by atomic mass is 10.5. The van der Waals surface area contributed by atoms with Gasteiger partial charge in [-0.25, -0.2) is 18.3 Å². The SMILES string of the molecule is CCCOP(=O)(OCCC)OP(=O)(OCCC)OP(=O)(O)OP(=O)(O)O. The van der Waals surface area contributed by atoms with E-state index in [1.54, 1.807) is 20.8 Å². The Morgan fingerprint density at radius 2 is 1.00 bits per heavy atom. The van der Waals surface area contributed by atoms with E-state index in [9.17, 15) is 23.2 Å². The predicted molar refractivity (Wildman–Crippen MR) is 89.1 cm³/mol. The van der Waals surface area contributed by atoms with Crippen LogP contribution in [0.25, 0.3) is 0 Å². The van der Waals surface area contributed by atoms with Gasteiger partial charge in [-0.15, -0.1) is 0 Å². The Hall–Kier alpha value is 0.560. The van der Waals surface area contributed by atoms with Crippen molar-refractivity contribution in [3.8, 4) is 0 Å². The molecule has 0 spiro atoms. The molecule has 0 saturated heterocycles. The highest BCUT2D eigenvalue weighted by molar-refractivity contribution is 7.70. The molecule has 3 N–H and O–H groups in total. The minimum absolute atomic E-state index is 0.134. The Morgan fingerprint density at radius 3 is 1.35 bits per heavy atom. The first-order valence-corrected chi connectivity index (χ1v) is 13.4. The van der Waals surface area contributed by atoms with E-state index in [-0.39, 0.29) is 26.2 Å². The molecule has 158 valence electrons. The molecule has 0 aromatic rings. The maximum Gasteiger partial charge on any atom is 0.492 e. The Labute approximate surface area is 151 Å². The number of hydrogen-bond acceptors (Lipinski definition) is 10. The van der Waals surface area contributed by atoms with Crippen LogP contribution in [0.2, 0.25) is 0 Å². The first-order chi connectivity index (χ1) is 11.8. The lowest BCUT2D eigenvalue weighted by molar-refractivity contribution is 0.123. The van der Waals surface area contributed by atoms with E-state index in [2.05, 4.69) is 12.9 Å². The molecular weight excluding hydrogens is 440 g/mol. The molecule has 26 heavy (non-hydrogen) atoms. The summed E-state index contributed by atoms with van der Waals surface area (Å²) >= 11 is 0. The van der Waals surface area contributed by atoms with Gasteiger partial charge in [0.2, 0.25) is 0 Å². The summed E-state index contributed by atoms with van der Waals surface area (Å²) in [6.45, 7) is 4.31. The van der Waals surface area contributed by atoms with E-state index in [0.717, 1.165) is 0 Å². The quantitative estimate of drug-likeness (QED) is 0.298. The minimum Gasteiger partial charge on any atom is -0.302 e. The van der Waals surface area contributed by atoms with Crippen LogP contribution in [0, 0.1) is 0 Å². The van der Waals surface area contributed by atoms with E-state index in [1.165, 1.54) is 0 Å². The van der Waals surface area contributed by atoms with Gasteiger partial charge in [0.1, 0.15) is 0 Å². The number of phosphoric ester groups is 1. The van der Waals surface area contributed by atoms with Crippen molar-refractivity contribution in [3.05, 3.63) is 0 Å². The van der Waals surface area contributed by atoms with Crippen LogP contribution in [-0.2, 0) is 44.8 Å². The molecular formula is C9H24O13P4. The minimum atomic E-state index is -5.62. The molecule has 13 nitrogen and oxygen atoms in total. The molecule has 0 aliphatic carbocycles. The Balaban J connectivity index is 5.52. The molecule has 0 fully saturated rings. The zero-order valence-corrected chi connectivity index (χ0v) is 18.0. The highest BCUT2D eigenvalue weighted by Gasteiger charge is 2.48. The van der Waals surface area contributed by atoms with Crippen LogP contribution in [0.3, 0.4) is 0 Å². The second-order valence-electron chi connectivity index (χ2n) is 4.60. The molecule has 2 unspecified atom stereocenters. The molecule has 0 aliphatic rings. The van der Waals surface area contributed by atoms with Gasteiger partial charge in [0.15, 0.2) is 0 Å². The smallest absolute Gasteiger partial charge is 0.302 e. The molecule has 0 rings (SSSR count). The van der Waals surface area contributed by atoms with Gasteiger partial charge in [0.05, 0.1) is 19.8 Å². The lowest BCUT2D eigenvalue weighted by Gasteiger charge is -2.23. The van der Waals surface area contributed by atoms with Crippen molar-refractivity contribution in [2.24, 2.45) is 0 Å². The highest BCUT2D eigenvalue weighted by Crippen LogP contribution is 2.73. The van der Waals surface area contributed by atoms with Gasteiger partial charge in [-0.1, -0.05) is 20.8 Å². The Kier molecular flexibility index (Phi) is 11.8. The molecule has 0 saturated carbocycles. The van der Waals surface area contributed by atoms with Crippen LogP contribution in [-0.4, -0.2) is 34.5 Å². The largest absolute Gasteiger partial charge is 0.492 e. The molecule has 0 heterocycles. The molecule has 0 aromatic heterocycles. The summed E-state index contributed by atoms with van der Waals surface area (Å²) in [7, 11) is -20.8. The van der Waals surface area contributed by atoms with Crippen LogP contribution in [0.15, 0.2) is 0 Å². The van der Waals surface area contributed by atoms with E-state index in [0.29, 0.717) is 12.8 Å². The van der Waals surface area contributed by atoms with E-state index in [4.69, 9.17) is 23.4 Å². The standard InChI is InChI=1S/C9H24O13P4/c1-4-7-17-25(15,18-8-5-2)22-26(16,19-9-6-3)21-24(13,14)20-23(10,11)12/h4-9H2,1-3H3,(H,13,14)(H2,10,11,12). The molecule has 0 amide bonds. The summed E-state index contributed by atoms with van der Waals surface area (Å²) < 4.78 is 74.2. The first kappa shape index (κ1) is 26.6. The van der Waals surface area contributed by atoms with Crippen molar-refractivity contribution >= 4 is 31.3 Å². The maximum atomic E-state index is 12.6. The molecule has 17 heteroatoms. The normalized spacial score (nSPS) is 17.6. The van der Waals surface area contributed by atoms with Crippen LogP contribution >= 0.6 is 31.3 Å². The third-order valence-corrected chi connectivity index (χ3v) is 8.37. The van der Waals surface area contributed by atoms with Gasteiger partial charge in [0.25, 0.3) is 0 Å². The van der Waals surface area contributed by atoms with E-state index >= 15 is 0 Å². The third-order valence-electron chi connectivity index (χ3n) is 1.97. The Morgan fingerprint density at radius 1 is 0.615 bits per heavy atom. The fourth-order valence-corrected chi connectivity index (χ4v) is 7.04. The summed E-state index contributed by atoms with van der Waals surface area (Å²) in [6, 6.07) is 0. The van der Waals surface area contributed by atoms with Gasteiger partial charge in [-0.3, -0.25) is 13.6 Å². The maximum absolute atomic E-state index is 12.6. The Bertz CT molecular complexity index is 588. The fraction of sp³-hybridized carbons (Fsp3) is 1.00. The molecule has 2 atom stereocenters. The van der Waals surface area contributed by atoms with Crippen LogP contribution in [0.5, 0.6) is 0 Å². The van der Waals surface area contributed by atoms with Crippen LogP contribution in [0.4, 0.5) is 0 Å². The van der Waals surface area contributed by atoms with Crippen LogP contribution in [0.1, 0.15) is 40.0 Å². The number of rotatable bonds is 15. The second-order valence-corrected chi connectivity index (χ2v) is 11.0. The molecule has 0 aliphatic heterocycles. The van der Waals surface area contributed by atoms with Crippen molar-refractivity contribution in [2.45, 2.75) is 40.0 Å². The number of hydrogen-bond donors (Lipinski definition) is 3.